The fourth-order valence-corrected chi connectivity index (χ4v) is 3.98. The fourth-order valence-electron chi connectivity index (χ4n) is 3.98. The zero-order valence-electron chi connectivity index (χ0n) is 18.1. The number of aliphatic hydroxyl groups excluding tert-OH is 1. The fraction of sp³-hybridized carbons (Fsp3) is 0.333. The Morgan fingerprint density at radius 3 is 2.36 bits per heavy atom. The highest BCUT2D eigenvalue weighted by atomic mass is 16.4. The summed E-state index contributed by atoms with van der Waals surface area (Å²) in [6.07, 6.45) is 6.19. The number of fused-ring (bicyclic) bond motifs is 1. The van der Waals surface area contributed by atoms with Crippen LogP contribution in [0.5, 0.6) is 0 Å². The number of anilines is 1. The number of carboxylic acid groups (broad SMARTS) is 1. The van der Waals surface area contributed by atoms with Crippen molar-refractivity contribution in [2.75, 3.05) is 5.32 Å². The molecule has 0 radical (unpaired) electrons. The van der Waals surface area contributed by atoms with E-state index in [1.165, 1.54) is 6.20 Å². The third-order valence-corrected chi connectivity index (χ3v) is 5.64. The van der Waals surface area contributed by atoms with Crippen LogP contribution >= 0.6 is 0 Å². The van der Waals surface area contributed by atoms with E-state index in [9.17, 15) is 14.7 Å². The highest BCUT2D eigenvalue weighted by Gasteiger charge is 2.23. The topological polar surface area (TPSA) is 138 Å². The molecule has 1 aliphatic rings. The van der Waals surface area contributed by atoms with Gasteiger partial charge >= 0.3 is 5.97 Å². The van der Waals surface area contributed by atoms with E-state index in [1.54, 1.807) is 18.3 Å². The monoisotopic (exact) mass is 447 g/mol. The third-order valence-electron chi connectivity index (χ3n) is 5.64. The summed E-state index contributed by atoms with van der Waals surface area (Å²) in [7, 11) is 0. The molecule has 3 N–H and O–H groups in total. The standard InChI is InChI=1S/C24H25N5O4/c30-16-4-3-5-17-18(9-8-16)24(29-28-23(17)19-6-1-2-13-25-19)20-10-7-15(14-26-20)27-21(31)11-12-22(32)33/h1-2,6-7,10,13-14,16,30H,3-5,8-9,11-12H2,(H,27,31)(H,32,33)/t16-/m0/s1. The number of rotatable bonds is 6. The Balaban J connectivity index is 1.65. The van der Waals surface area contributed by atoms with Crippen LogP contribution in [-0.4, -0.2) is 48.4 Å². The van der Waals surface area contributed by atoms with Crippen LogP contribution in [0.2, 0.25) is 0 Å². The Hall–Kier alpha value is -3.72. The molecule has 33 heavy (non-hydrogen) atoms. The molecule has 3 aromatic rings. The summed E-state index contributed by atoms with van der Waals surface area (Å²) >= 11 is 0. The van der Waals surface area contributed by atoms with Gasteiger partial charge in [-0.1, -0.05) is 6.07 Å². The molecule has 0 unspecified atom stereocenters. The van der Waals surface area contributed by atoms with Crippen LogP contribution < -0.4 is 5.32 Å². The summed E-state index contributed by atoms with van der Waals surface area (Å²) in [5, 5.41) is 30.6. The van der Waals surface area contributed by atoms with Crippen LogP contribution in [-0.2, 0) is 22.4 Å². The minimum absolute atomic E-state index is 0.104. The summed E-state index contributed by atoms with van der Waals surface area (Å²) in [5.41, 5.74) is 5.36. The maximum atomic E-state index is 11.9. The van der Waals surface area contributed by atoms with Crippen molar-refractivity contribution < 1.29 is 19.8 Å². The predicted molar refractivity (Wildman–Crippen MR) is 121 cm³/mol. The second kappa shape index (κ2) is 10.3. The second-order valence-electron chi connectivity index (χ2n) is 8.03. The molecule has 0 saturated carbocycles. The van der Waals surface area contributed by atoms with Crippen molar-refractivity contribution in [2.45, 2.75) is 51.0 Å². The Kier molecular flexibility index (Phi) is 6.99. The molecule has 0 bridgehead atoms. The van der Waals surface area contributed by atoms with E-state index in [0.717, 1.165) is 41.8 Å². The summed E-state index contributed by atoms with van der Waals surface area (Å²) in [6.45, 7) is 0. The van der Waals surface area contributed by atoms with Gasteiger partial charge in [0.15, 0.2) is 0 Å². The van der Waals surface area contributed by atoms with Crippen LogP contribution in [0.4, 0.5) is 5.69 Å². The van der Waals surface area contributed by atoms with Crippen LogP contribution in [0, 0.1) is 0 Å². The minimum Gasteiger partial charge on any atom is -0.481 e. The van der Waals surface area contributed by atoms with Crippen LogP contribution in [0.1, 0.15) is 43.2 Å². The van der Waals surface area contributed by atoms with Crippen molar-refractivity contribution >= 4 is 17.6 Å². The molecule has 1 amide bonds. The second-order valence-corrected chi connectivity index (χ2v) is 8.03. The lowest BCUT2D eigenvalue weighted by Gasteiger charge is -2.21. The van der Waals surface area contributed by atoms with Gasteiger partial charge in [0, 0.05) is 12.6 Å². The van der Waals surface area contributed by atoms with E-state index < -0.39 is 5.97 Å². The molecule has 1 atom stereocenters. The molecular formula is C24H25N5O4. The van der Waals surface area contributed by atoms with Crippen LogP contribution in [0.3, 0.4) is 0 Å². The van der Waals surface area contributed by atoms with Gasteiger partial charge in [0.25, 0.3) is 0 Å². The minimum atomic E-state index is -1.02. The van der Waals surface area contributed by atoms with E-state index in [0.29, 0.717) is 29.9 Å². The Morgan fingerprint density at radius 1 is 0.939 bits per heavy atom. The lowest BCUT2D eigenvalue weighted by atomic mass is 9.89. The number of carbonyl (C=O) groups is 2. The summed E-state index contributed by atoms with van der Waals surface area (Å²) in [6, 6.07) is 9.16. The van der Waals surface area contributed by atoms with Gasteiger partial charge < -0.3 is 15.5 Å². The van der Waals surface area contributed by atoms with E-state index in [-0.39, 0.29) is 24.9 Å². The maximum absolute atomic E-state index is 11.9. The van der Waals surface area contributed by atoms with Gasteiger partial charge in [-0.25, -0.2) is 0 Å². The number of carbonyl (C=O) groups excluding carboxylic acids is 1. The highest BCUT2D eigenvalue weighted by Crippen LogP contribution is 2.33. The first-order chi connectivity index (χ1) is 16.0. The average molecular weight is 447 g/mol. The molecule has 9 heteroatoms. The first kappa shape index (κ1) is 22.5. The number of nitrogens with zero attached hydrogens (tertiary/aromatic N) is 4. The lowest BCUT2D eigenvalue weighted by Crippen LogP contribution is -2.16. The number of nitrogens with one attached hydrogen (secondary N) is 1. The van der Waals surface area contributed by atoms with Gasteiger partial charge in [-0.2, -0.15) is 0 Å². The van der Waals surface area contributed by atoms with Crippen LogP contribution in [0.25, 0.3) is 22.8 Å². The van der Waals surface area contributed by atoms with E-state index in [2.05, 4.69) is 25.5 Å². The quantitative estimate of drug-likeness (QED) is 0.524. The van der Waals surface area contributed by atoms with Gasteiger partial charge in [0.05, 0.1) is 35.8 Å². The number of amides is 1. The van der Waals surface area contributed by atoms with E-state index in [4.69, 9.17) is 5.11 Å². The molecule has 1 aliphatic carbocycles. The van der Waals surface area contributed by atoms with Crippen molar-refractivity contribution in [2.24, 2.45) is 0 Å². The summed E-state index contributed by atoms with van der Waals surface area (Å²) < 4.78 is 0. The molecule has 0 fully saturated rings. The Labute approximate surface area is 190 Å². The average Bonchev–Trinajstić information content (AvgIpc) is 2.81. The molecule has 0 aliphatic heterocycles. The smallest absolute Gasteiger partial charge is 0.303 e. The number of aromatic nitrogens is 4. The van der Waals surface area contributed by atoms with Gasteiger partial charge in [-0.15, -0.1) is 10.2 Å². The zero-order chi connectivity index (χ0) is 23.2. The van der Waals surface area contributed by atoms with E-state index >= 15 is 0 Å². The predicted octanol–water partition coefficient (Wildman–Crippen LogP) is 3.03. The number of carboxylic acids is 1. The third kappa shape index (κ3) is 5.56. The molecule has 3 heterocycles. The van der Waals surface area contributed by atoms with Gasteiger partial charge in [-0.3, -0.25) is 19.6 Å². The molecule has 9 nitrogen and oxygen atoms in total. The van der Waals surface area contributed by atoms with Gasteiger partial charge in [0.2, 0.25) is 5.91 Å². The number of hydrogen-bond donors (Lipinski definition) is 3. The first-order valence-electron chi connectivity index (χ1n) is 11.0. The largest absolute Gasteiger partial charge is 0.481 e. The molecule has 3 aromatic heterocycles. The Bertz CT molecular complexity index is 1140. The van der Waals surface area contributed by atoms with Crippen molar-refractivity contribution in [1.82, 2.24) is 20.2 Å². The van der Waals surface area contributed by atoms with Crippen molar-refractivity contribution in [1.29, 1.82) is 0 Å². The number of aliphatic carboxylic acids is 1. The van der Waals surface area contributed by atoms with E-state index in [1.807, 2.05) is 18.2 Å². The van der Waals surface area contributed by atoms with Crippen molar-refractivity contribution in [3.8, 4) is 22.8 Å². The maximum Gasteiger partial charge on any atom is 0.303 e. The number of pyridine rings is 2. The first-order valence-corrected chi connectivity index (χ1v) is 11.0. The number of aliphatic hydroxyl groups is 1. The van der Waals surface area contributed by atoms with Crippen LogP contribution in [0.15, 0.2) is 42.7 Å². The summed E-state index contributed by atoms with van der Waals surface area (Å²) in [4.78, 5) is 31.4. The SMILES string of the molecule is O=C(O)CCC(=O)Nc1ccc(-c2nnc(-c3ccccn3)c3c2CC[C@@H](O)CCC3)nc1. The summed E-state index contributed by atoms with van der Waals surface area (Å²) in [5.74, 6) is -1.40. The van der Waals surface area contributed by atoms with Crippen molar-refractivity contribution in [3.63, 3.8) is 0 Å². The molecule has 0 spiro atoms. The zero-order valence-corrected chi connectivity index (χ0v) is 18.1. The normalized spacial score (nSPS) is 15.7. The lowest BCUT2D eigenvalue weighted by molar-refractivity contribution is -0.138. The molecule has 0 saturated heterocycles. The highest BCUT2D eigenvalue weighted by molar-refractivity contribution is 5.92. The van der Waals surface area contributed by atoms with Gasteiger partial charge in [0.1, 0.15) is 11.4 Å². The van der Waals surface area contributed by atoms with Crippen molar-refractivity contribution in [3.05, 3.63) is 53.9 Å². The molecule has 170 valence electrons. The Morgan fingerprint density at radius 2 is 1.70 bits per heavy atom. The molecule has 0 aromatic carbocycles. The number of hydrogen-bond acceptors (Lipinski definition) is 7. The molecule has 4 rings (SSSR count). The molecular weight excluding hydrogens is 422 g/mol. The van der Waals surface area contributed by atoms with Gasteiger partial charge in [-0.05, 0) is 67.5 Å².